The van der Waals surface area contributed by atoms with Gasteiger partial charge in [0.15, 0.2) is 5.78 Å². The Morgan fingerprint density at radius 1 is 1.15 bits per heavy atom. The minimum Gasteiger partial charge on any atom is -0.497 e. The Balaban J connectivity index is 2.10. The molecular weight excluding hydrogens is 332 g/mol. The van der Waals surface area contributed by atoms with Gasteiger partial charge in [-0.1, -0.05) is 38.1 Å². The summed E-state index contributed by atoms with van der Waals surface area (Å²) < 4.78 is 10.6. The topological polar surface area (TPSA) is 72.8 Å². The van der Waals surface area contributed by atoms with Crippen molar-refractivity contribution in [1.29, 1.82) is 0 Å². The predicted octanol–water partition coefficient (Wildman–Crippen LogP) is 3.73. The average Bonchev–Trinajstić information content (AvgIpc) is 2.82. The molecule has 0 saturated heterocycles. The summed E-state index contributed by atoms with van der Waals surface area (Å²) in [6.45, 7) is 4.05. The third kappa shape index (κ3) is 2.73. The van der Waals surface area contributed by atoms with E-state index in [1.54, 1.807) is 6.07 Å². The van der Waals surface area contributed by atoms with E-state index >= 15 is 0 Å². The number of ether oxygens (including phenoxy) is 2. The van der Waals surface area contributed by atoms with Crippen LogP contribution in [0.15, 0.2) is 36.4 Å². The van der Waals surface area contributed by atoms with Crippen molar-refractivity contribution in [2.45, 2.75) is 25.7 Å². The number of hydrogen-bond acceptors (Lipinski definition) is 4. The van der Waals surface area contributed by atoms with Crippen molar-refractivity contribution in [1.82, 2.24) is 0 Å². The maximum Gasteiger partial charge on any atom is 0.336 e. The van der Waals surface area contributed by atoms with Crippen molar-refractivity contribution in [2.75, 3.05) is 14.2 Å². The number of methoxy groups -OCH3 is 2. The molecule has 2 aromatic carbocycles. The lowest BCUT2D eigenvalue weighted by Gasteiger charge is -2.28. The maximum absolute atomic E-state index is 13.0. The number of ketones is 1. The highest BCUT2D eigenvalue weighted by Crippen LogP contribution is 2.45. The second-order valence-electron chi connectivity index (χ2n) is 7.05. The van der Waals surface area contributed by atoms with E-state index < -0.39 is 11.4 Å². The minimum atomic E-state index is -1.07. The lowest BCUT2D eigenvalue weighted by atomic mass is 9.75. The molecule has 1 aliphatic carbocycles. The lowest BCUT2D eigenvalue weighted by Crippen LogP contribution is -2.29. The van der Waals surface area contributed by atoms with Crippen LogP contribution < -0.4 is 9.47 Å². The van der Waals surface area contributed by atoms with Gasteiger partial charge in [-0.2, -0.15) is 0 Å². The van der Waals surface area contributed by atoms with Crippen molar-refractivity contribution in [2.24, 2.45) is 5.92 Å². The minimum absolute atomic E-state index is 0.0415. The number of aromatic carboxylic acids is 1. The number of Topliss-reactive ketones (excluding diaryl/α,β-unsaturated/α-hetero) is 1. The van der Waals surface area contributed by atoms with E-state index in [0.29, 0.717) is 22.6 Å². The van der Waals surface area contributed by atoms with Crippen LogP contribution in [0.4, 0.5) is 0 Å². The number of benzene rings is 2. The van der Waals surface area contributed by atoms with E-state index in [0.717, 1.165) is 5.56 Å². The van der Waals surface area contributed by atoms with E-state index in [9.17, 15) is 14.7 Å². The summed E-state index contributed by atoms with van der Waals surface area (Å²) in [4.78, 5) is 24.8. The van der Waals surface area contributed by atoms with Gasteiger partial charge in [0.1, 0.15) is 11.5 Å². The maximum atomic E-state index is 13.0. The van der Waals surface area contributed by atoms with Crippen molar-refractivity contribution in [3.63, 3.8) is 0 Å². The zero-order chi connectivity index (χ0) is 19.1. The van der Waals surface area contributed by atoms with E-state index in [2.05, 4.69) is 0 Å². The van der Waals surface area contributed by atoms with Gasteiger partial charge in [-0.25, -0.2) is 4.79 Å². The van der Waals surface area contributed by atoms with Gasteiger partial charge >= 0.3 is 5.97 Å². The molecule has 0 radical (unpaired) electrons. The standard InChI is InChI=1S/C21H22O5/c1-21(2)16-8-6-5-7-13(16)19(22)17(21)11-14-15(20(23)24)9-12(25-3)10-18(14)26-4/h5-10,17H,11H2,1-4H3,(H,23,24)/t17-/m0/s1. The Morgan fingerprint density at radius 3 is 2.42 bits per heavy atom. The summed E-state index contributed by atoms with van der Waals surface area (Å²) in [5.41, 5.74) is 1.93. The van der Waals surface area contributed by atoms with Crippen LogP contribution in [0.2, 0.25) is 0 Å². The number of carboxylic acid groups (broad SMARTS) is 1. The van der Waals surface area contributed by atoms with Gasteiger partial charge in [-0.15, -0.1) is 0 Å². The van der Waals surface area contributed by atoms with Gasteiger partial charge in [0.05, 0.1) is 19.8 Å². The second kappa shape index (κ2) is 6.48. The van der Waals surface area contributed by atoms with Gasteiger partial charge in [0.25, 0.3) is 0 Å². The molecule has 0 fully saturated rings. The SMILES string of the molecule is COc1cc(OC)c(C[C@H]2C(=O)c3ccccc3C2(C)C)c(C(=O)O)c1. The molecule has 1 atom stereocenters. The first-order chi connectivity index (χ1) is 12.3. The summed E-state index contributed by atoms with van der Waals surface area (Å²) in [7, 11) is 2.96. The Hall–Kier alpha value is -2.82. The largest absolute Gasteiger partial charge is 0.497 e. The third-order valence-corrected chi connectivity index (χ3v) is 5.35. The van der Waals surface area contributed by atoms with Crippen LogP contribution in [0.5, 0.6) is 11.5 Å². The summed E-state index contributed by atoms with van der Waals surface area (Å²) in [6.07, 6.45) is 0.287. The van der Waals surface area contributed by atoms with Gasteiger partial charge in [0.2, 0.25) is 0 Å². The number of carbonyl (C=O) groups excluding carboxylic acids is 1. The van der Waals surface area contributed by atoms with Crippen molar-refractivity contribution >= 4 is 11.8 Å². The molecule has 0 saturated carbocycles. The quantitative estimate of drug-likeness (QED) is 0.886. The third-order valence-electron chi connectivity index (χ3n) is 5.35. The molecule has 0 aromatic heterocycles. The molecule has 0 heterocycles. The van der Waals surface area contributed by atoms with Crippen LogP contribution >= 0.6 is 0 Å². The van der Waals surface area contributed by atoms with Crippen LogP contribution in [0.3, 0.4) is 0 Å². The lowest BCUT2D eigenvalue weighted by molar-refractivity contribution is 0.0692. The van der Waals surface area contributed by atoms with Crippen LogP contribution in [0.1, 0.15) is 45.7 Å². The van der Waals surface area contributed by atoms with E-state index in [4.69, 9.17) is 9.47 Å². The molecule has 136 valence electrons. The van der Waals surface area contributed by atoms with Gasteiger partial charge in [-0.05, 0) is 18.1 Å². The molecule has 1 aliphatic rings. The highest BCUT2D eigenvalue weighted by atomic mass is 16.5. The molecule has 0 spiro atoms. The molecule has 0 aliphatic heterocycles. The first-order valence-electron chi connectivity index (χ1n) is 8.43. The summed E-state index contributed by atoms with van der Waals surface area (Å²) in [6, 6.07) is 10.7. The highest BCUT2D eigenvalue weighted by molar-refractivity contribution is 6.04. The smallest absolute Gasteiger partial charge is 0.336 e. The van der Waals surface area contributed by atoms with Crippen LogP contribution in [0, 0.1) is 5.92 Å². The Kier molecular flexibility index (Phi) is 4.48. The monoisotopic (exact) mass is 354 g/mol. The van der Waals surface area contributed by atoms with Crippen LogP contribution in [-0.4, -0.2) is 31.1 Å². The highest BCUT2D eigenvalue weighted by Gasteiger charge is 2.46. The Morgan fingerprint density at radius 2 is 1.85 bits per heavy atom. The molecule has 1 N–H and O–H groups in total. The van der Waals surface area contributed by atoms with Crippen molar-refractivity contribution in [3.8, 4) is 11.5 Å². The van der Waals surface area contributed by atoms with Gasteiger partial charge in [-0.3, -0.25) is 4.79 Å². The fraction of sp³-hybridized carbons (Fsp3) is 0.333. The molecule has 5 heteroatoms. The number of carbonyl (C=O) groups is 2. The summed E-state index contributed by atoms with van der Waals surface area (Å²) >= 11 is 0. The number of hydrogen-bond donors (Lipinski definition) is 1. The molecule has 3 rings (SSSR count). The molecular formula is C21H22O5. The van der Waals surface area contributed by atoms with Gasteiger partial charge in [0, 0.05) is 28.5 Å². The fourth-order valence-corrected chi connectivity index (χ4v) is 3.84. The van der Waals surface area contributed by atoms with Crippen LogP contribution in [-0.2, 0) is 11.8 Å². The van der Waals surface area contributed by atoms with E-state index in [-0.39, 0.29) is 23.7 Å². The van der Waals surface area contributed by atoms with Crippen molar-refractivity contribution < 1.29 is 24.2 Å². The number of rotatable bonds is 5. The first-order valence-corrected chi connectivity index (χ1v) is 8.43. The molecule has 0 unspecified atom stereocenters. The van der Waals surface area contributed by atoms with Gasteiger partial charge < -0.3 is 14.6 Å². The predicted molar refractivity (Wildman–Crippen MR) is 97.5 cm³/mol. The zero-order valence-corrected chi connectivity index (χ0v) is 15.3. The average molecular weight is 354 g/mol. The Labute approximate surface area is 152 Å². The summed E-state index contributed by atoms with van der Waals surface area (Å²) in [5, 5.41) is 9.65. The van der Waals surface area contributed by atoms with Crippen molar-refractivity contribution in [3.05, 3.63) is 58.7 Å². The summed E-state index contributed by atoms with van der Waals surface area (Å²) in [5.74, 6) is -0.567. The second-order valence-corrected chi connectivity index (χ2v) is 7.05. The zero-order valence-electron chi connectivity index (χ0n) is 15.3. The number of fused-ring (bicyclic) bond motifs is 1. The normalized spacial score (nSPS) is 17.7. The molecule has 2 aromatic rings. The van der Waals surface area contributed by atoms with E-state index in [1.807, 2.05) is 38.1 Å². The van der Waals surface area contributed by atoms with Crippen LogP contribution in [0.25, 0.3) is 0 Å². The molecule has 0 bridgehead atoms. The van der Waals surface area contributed by atoms with E-state index in [1.165, 1.54) is 20.3 Å². The fourth-order valence-electron chi connectivity index (χ4n) is 3.84. The molecule has 5 nitrogen and oxygen atoms in total. The number of carboxylic acids is 1. The first kappa shape index (κ1) is 18.0. The Bertz CT molecular complexity index is 882. The molecule has 0 amide bonds. The molecule has 26 heavy (non-hydrogen) atoms.